The maximum atomic E-state index is 16.8. The second-order valence-electron chi connectivity index (χ2n) is 24.9. The summed E-state index contributed by atoms with van der Waals surface area (Å²) < 4.78 is 93.6. The molecule has 0 radical (unpaired) electrons. The van der Waals surface area contributed by atoms with Gasteiger partial charge in [-0.3, -0.25) is 0 Å². The van der Waals surface area contributed by atoms with Crippen LogP contribution in [0.4, 0.5) is 22.0 Å². The molecule has 12 heteroatoms. The van der Waals surface area contributed by atoms with Gasteiger partial charge < -0.3 is 27.4 Å². The maximum Gasteiger partial charge on any atom is 0.200 e. The van der Waals surface area contributed by atoms with Crippen LogP contribution in [0, 0.1) is 40.4 Å². The van der Waals surface area contributed by atoms with Crippen LogP contribution in [-0.4, -0.2) is 27.4 Å². The lowest BCUT2D eigenvalue weighted by Gasteiger charge is -2.20. The predicted octanol–water partition coefficient (Wildman–Crippen LogP) is 22.5. The number of rotatable bonds is 7. The average Bonchev–Trinajstić information content (AvgIpc) is 1.60. The molecule has 0 unspecified atom stereocenters. The minimum atomic E-state index is -2.31. The summed E-state index contributed by atoms with van der Waals surface area (Å²) in [6.45, 7) is 0. The molecule has 0 amide bonds. The number of para-hydroxylation sites is 8. The van der Waals surface area contributed by atoms with Crippen molar-refractivity contribution in [3.63, 3.8) is 0 Å². The van der Waals surface area contributed by atoms with Gasteiger partial charge in [-0.1, -0.05) is 146 Å². The molecule has 0 saturated carbocycles. The lowest BCUT2D eigenvalue weighted by Crippen LogP contribution is -2.08. The van der Waals surface area contributed by atoms with Gasteiger partial charge in [0.25, 0.3) is 0 Å². The number of fused-ring (bicyclic) bond motifs is 18. The van der Waals surface area contributed by atoms with Crippen molar-refractivity contribution in [2.24, 2.45) is 0 Å². The minimum Gasteiger partial charge on any atom is -0.309 e. The van der Waals surface area contributed by atoms with Gasteiger partial charge >= 0.3 is 0 Å². The molecule has 14 aromatic carbocycles. The Labute approximate surface area is 547 Å². The summed E-state index contributed by atoms with van der Waals surface area (Å²) in [5.41, 5.74) is 12.8. The highest BCUT2D eigenvalue weighted by molar-refractivity contribution is 6.17. The molecule has 0 atom stereocenters. The van der Waals surface area contributed by atoms with Gasteiger partial charge in [0, 0.05) is 92.9 Å². The molecular formula is C85H46F5N7. The number of benzene rings is 14. The van der Waals surface area contributed by atoms with E-state index < -0.39 is 40.2 Å². The van der Waals surface area contributed by atoms with E-state index in [4.69, 9.17) is 0 Å². The summed E-state index contributed by atoms with van der Waals surface area (Å²) >= 11 is 0. The van der Waals surface area contributed by atoms with Gasteiger partial charge in [0.15, 0.2) is 23.3 Å². The minimum absolute atomic E-state index is 0.281. The van der Waals surface area contributed by atoms with Crippen LogP contribution in [-0.2, 0) is 0 Å². The molecule has 97 heavy (non-hydrogen) atoms. The molecule has 20 aromatic rings. The molecule has 0 fully saturated rings. The number of aromatic nitrogens is 6. The van der Waals surface area contributed by atoms with Crippen LogP contribution in [0.1, 0.15) is 5.56 Å². The molecule has 456 valence electrons. The quantitative estimate of drug-likeness (QED) is 0.0891. The molecule has 7 nitrogen and oxygen atoms in total. The van der Waals surface area contributed by atoms with Crippen LogP contribution >= 0.6 is 0 Å². The Kier molecular flexibility index (Phi) is 11.4. The van der Waals surface area contributed by atoms with E-state index in [2.05, 4.69) is 174 Å². The topological polar surface area (TPSA) is 53.4 Å². The molecular weight excluding hydrogens is 1210 g/mol. The molecule has 0 aliphatic rings. The molecule has 0 aliphatic carbocycles. The summed E-state index contributed by atoms with van der Waals surface area (Å²) in [6, 6.07) is 96.7. The number of nitrogens with zero attached hydrogens (tertiary/aromatic N) is 7. The van der Waals surface area contributed by atoms with Crippen molar-refractivity contribution in [1.29, 1.82) is 5.26 Å². The molecule has 0 aliphatic heterocycles. The fraction of sp³-hybridized carbons (Fsp3) is 0. The summed E-state index contributed by atoms with van der Waals surface area (Å²) in [6.07, 6.45) is 0. The normalized spacial score (nSPS) is 12.2. The van der Waals surface area contributed by atoms with Gasteiger partial charge in [0.05, 0.1) is 94.8 Å². The highest BCUT2D eigenvalue weighted by atomic mass is 19.2. The van der Waals surface area contributed by atoms with Gasteiger partial charge in [-0.2, -0.15) is 5.26 Å². The second kappa shape index (κ2) is 20.3. The van der Waals surface area contributed by atoms with Gasteiger partial charge in [-0.25, -0.2) is 22.0 Å². The molecule has 0 bridgehead atoms. The van der Waals surface area contributed by atoms with Crippen molar-refractivity contribution in [3.05, 3.63) is 314 Å². The lowest BCUT2D eigenvalue weighted by molar-refractivity contribution is 0.381. The standard InChI is InChI=1S/C85H46F5N7/c86-81-80(82(87)84(89)85(90)83(81)88)61-46-79(97-76-39-35-51(94-70-29-13-5-21-57(70)58-22-6-14-30-71(58)94)44-64(76)65-45-52(36-40-77(65)97)95-72-31-15-7-23-59(72)60-24-8-16-32-73(60)95)78(41-48(61)47-91)96-74-37-33-49(92-66-25-9-1-17-53(66)54-18-2-10-26-67(54)92)42-62(74)63-43-50(34-38-75(63)96)93-68-27-11-3-19-55(68)56-20-4-12-28-69(56)93/h1-46H. The van der Waals surface area contributed by atoms with Gasteiger partial charge in [0.1, 0.15) is 0 Å². The van der Waals surface area contributed by atoms with Crippen LogP contribution in [0.3, 0.4) is 0 Å². The lowest BCUT2D eigenvalue weighted by atomic mass is 9.96. The third kappa shape index (κ3) is 7.53. The van der Waals surface area contributed by atoms with Crippen molar-refractivity contribution in [3.8, 4) is 51.3 Å². The Morgan fingerprint density at radius 2 is 0.433 bits per heavy atom. The second-order valence-corrected chi connectivity index (χ2v) is 24.9. The third-order valence-corrected chi connectivity index (χ3v) is 20.0. The third-order valence-electron chi connectivity index (χ3n) is 20.0. The maximum absolute atomic E-state index is 16.8. The summed E-state index contributed by atoms with van der Waals surface area (Å²) in [4.78, 5) is 0. The zero-order chi connectivity index (χ0) is 64.6. The van der Waals surface area contributed by atoms with Gasteiger partial charge in [0.2, 0.25) is 5.82 Å². The Bertz CT molecular complexity index is 6340. The zero-order valence-corrected chi connectivity index (χ0v) is 51.1. The number of hydrogen-bond acceptors (Lipinski definition) is 1. The van der Waals surface area contributed by atoms with E-state index in [-0.39, 0.29) is 11.3 Å². The van der Waals surface area contributed by atoms with Crippen LogP contribution in [0.15, 0.2) is 279 Å². The molecule has 6 aromatic heterocycles. The first-order valence-electron chi connectivity index (χ1n) is 31.9. The molecule has 6 heterocycles. The average molecular weight is 1260 g/mol. The van der Waals surface area contributed by atoms with Crippen molar-refractivity contribution < 1.29 is 22.0 Å². The first kappa shape index (κ1) is 54.6. The Hall–Kier alpha value is -13.0. The SMILES string of the molecule is N#Cc1cc(-n2c3ccc(-n4c5ccccc5c5ccccc54)cc3c3cc(-n4c5ccccc5c5ccccc54)ccc32)c(-n2c3ccc(-n4c5ccccc5c5ccccc54)cc3c3cc(-n4c5ccccc5c5ccccc54)ccc32)cc1-c1c(F)c(F)c(F)c(F)c1F. The Morgan fingerprint density at radius 3 is 0.680 bits per heavy atom. The van der Waals surface area contributed by atoms with E-state index in [0.717, 1.165) is 132 Å². The smallest absolute Gasteiger partial charge is 0.200 e. The molecule has 20 rings (SSSR count). The summed E-state index contributed by atoms with van der Waals surface area (Å²) in [5, 5.41) is 23.4. The van der Waals surface area contributed by atoms with E-state index in [0.29, 0.717) is 27.8 Å². The number of nitriles is 1. The number of halogens is 5. The number of hydrogen-bond donors (Lipinski definition) is 0. The van der Waals surface area contributed by atoms with E-state index in [1.54, 1.807) is 0 Å². The van der Waals surface area contributed by atoms with E-state index >= 15 is 22.0 Å². The van der Waals surface area contributed by atoms with Gasteiger partial charge in [-0.05, 0) is 133 Å². The highest BCUT2D eigenvalue weighted by Crippen LogP contribution is 2.47. The Morgan fingerprint density at radius 1 is 0.216 bits per heavy atom. The first-order valence-corrected chi connectivity index (χ1v) is 31.9. The Balaban J connectivity index is 0.931. The molecule has 0 spiro atoms. The summed E-state index contributed by atoms with van der Waals surface area (Å²) in [7, 11) is 0. The van der Waals surface area contributed by atoms with Crippen LogP contribution in [0.25, 0.3) is 176 Å². The van der Waals surface area contributed by atoms with Crippen LogP contribution in [0.2, 0.25) is 0 Å². The van der Waals surface area contributed by atoms with E-state index in [9.17, 15) is 5.26 Å². The van der Waals surface area contributed by atoms with Crippen molar-refractivity contribution in [1.82, 2.24) is 27.4 Å². The van der Waals surface area contributed by atoms with E-state index in [1.165, 1.54) is 12.1 Å². The van der Waals surface area contributed by atoms with E-state index in [1.807, 2.05) is 126 Å². The van der Waals surface area contributed by atoms with Crippen molar-refractivity contribution in [2.75, 3.05) is 0 Å². The monoisotopic (exact) mass is 1260 g/mol. The largest absolute Gasteiger partial charge is 0.309 e. The molecule has 0 saturated heterocycles. The fourth-order valence-corrected chi connectivity index (χ4v) is 16.0. The van der Waals surface area contributed by atoms with Crippen molar-refractivity contribution in [2.45, 2.75) is 0 Å². The van der Waals surface area contributed by atoms with Crippen LogP contribution < -0.4 is 0 Å². The summed E-state index contributed by atoms with van der Waals surface area (Å²) in [5.74, 6) is -10.7. The van der Waals surface area contributed by atoms with Crippen molar-refractivity contribution >= 4 is 131 Å². The fourth-order valence-electron chi connectivity index (χ4n) is 16.0. The van der Waals surface area contributed by atoms with Gasteiger partial charge in [-0.15, -0.1) is 0 Å². The first-order chi connectivity index (χ1) is 47.7. The highest BCUT2D eigenvalue weighted by Gasteiger charge is 2.32. The predicted molar refractivity (Wildman–Crippen MR) is 382 cm³/mol. The zero-order valence-electron chi connectivity index (χ0n) is 51.1. The van der Waals surface area contributed by atoms with Crippen LogP contribution in [0.5, 0.6) is 0 Å². The molecule has 0 N–H and O–H groups in total.